The highest BCUT2D eigenvalue weighted by Gasteiger charge is 2.17. The summed E-state index contributed by atoms with van der Waals surface area (Å²) in [7, 11) is 1.95. The lowest BCUT2D eigenvalue weighted by molar-refractivity contribution is -0.125. The molecule has 5 nitrogen and oxygen atoms in total. The van der Waals surface area contributed by atoms with Crippen LogP contribution in [0.4, 0.5) is 0 Å². The Kier molecular flexibility index (Phi) is 6.75. The van der Waals surface area contributed by atoms with Crippen LogP contribution >= 0.6 is 0 Å². The average Bonchev–Trinajstić information content (AvgIpc) is 3.08. The van der Waals surface area contributed by atoms with Crippen LogP contribution in [0, 0.1) is 0 Å². The molecule has 0 aliphatic carbocycles. The smallest absolute Gasteiger partial charge is 0.237 e. The van der Waals surface area contributed by atoms with Crippen LogP contribution in [0.2, 0.25) is 0 Å². The maximum absolute atomic E-state index is 11.9. The van der Waals surface area contributed by atoms with Crippen molar-refractivity contribution in [1.29, 1.82) is 0 Å². The van der Waals surface area contributed by atoms with Crippen LogP contribution in [-0.4, -0.2) is 42.1 Å². The van der Waals surface area contributed by atoms with Gasteiger partial charge in [0.25, 0.3) is 0 Å². The van der Waals surface area contributed by atoms with Crippen molar-refractivity contribution in [3.63, 3.8) is 0 Å². The second kappa shape index (κ2) is 9.03. The van der Waals surface area contributed by atoms with Gasteiger partial charge < -0.3 is 9.84 Å². The Balaban J connectivity index is 1.79. The lowest BCUT2D eigenvalue weighted by Gasteiger charge is -2.23. The van der Waals surface area contributed by atoms with Crippen LogP contribution < -0.4 is 5.32 Å². The zero-order valence-corrected chi connectivity index (χ0v) is 14.4. The molecular formula is C19H25N3O2. The van der Waals surface area contributed by atoms with Crippen LogP contribution in [0.3, 0.4) is 0 Å². The van der Waals surface area contributed by atoms with Gasteiger partial charge in [-0.2, -0.15) is 0 Å². The van der Waals surface area contributed by atoms with Crippen molar-refractivity contribution in [3.05, 3.63) is 54.8 Å². The molecule has 0 saturated carbocycles. The number of rotatable bonds is 9. The fourth-order valence-electron chi connectivity index (χ4n) is 2.39. The van der Waals surface area contributed by atoms with Crippen molar-refractivity contribution in [2.75, 3.05) is 20.1 Å². The van der Waals surface area contributed by atoms with Crippen LogP contribution in [0.25, 0.3) is 11.3 Å². The van der Waals surface area contributed by atoms with Gasteiger partial charge in [0.05, 0.1) is 6.04 Å². The normalized spacial score (nSPS) is 12.1. The summed E-state index contributed by atoms with van der Waals surface area (Å²) < 4.78 is 5.40. The first-order valence-corrected chi connectivity index (χ1v) is 8.21. The number of nitrogens with zero attached hydrogens (tertiary/aromatic N) is 2. The van der Waals surface area contributed by atoms with Gasteiger partial charge in [0, 0.05) is 24.6 Å². The Labute approximate surface area is 143 Å². The van der Waals surface area contributed by atoms with E-state index in [0.717, 1.165) is 36.4 Å². The van der Waals surface area contributed by atoms with Crippen LogP contribution in [-0.2, 0) is 11.2 Å². The first-order valence-electron chi connectivity index (χ1n) is 8.21. The largest absolute Gasteiger partial charge is 0.361 e. The highest BCUT2D eigenvalue weighted by atomic mass is 16.5. The van der Waals surface area contributed by atoms with Crippen LogP contribution in [0.1, 0.15) is 19.1 Å². The Morgan fingerprint density at radius 2 is 2.17 bits per heavy atom. The first kappa shape index (κ1) is 17.9. The summed E-state index contributed by atoms with van der Waals surface area (Å²) in [6.07, 6.45) is 3.38. The molecular weight excluding hydrogens is 302 g/mol. The Hall–Kier alpha value is -2.40. The molecule has 24 heavy (non-hydrogen) atoms. The lowest BCUT2D eigenvalue weighted by Crippen LogP contribution is -2.43. The number of aryl methyl sites for hydroxylation is 1. The van der Waals surface area contributed by atoms with Gasteiger partial charge in [-0.05, 0) is 26.9 Å². The van der Waals surface area contributed by atoms with Gasteiger partial charge in [0.1, 0.15) is 11.5 Å². The molecule has 0 aliphatic heterocycles. The van der Waals surface area contributed by atoms with Crippen molar-refractivity contribution in [1.82, 2.24) is 15.4 Å². The van der Waals surface area contributed by atoms with Gasteiger partial charge >= 0.3 is 0 Å². The quantitative estimate of drug-likeness (QED) is 0.720. The van der Waals surface area contributed by atoms with E-state index in [2.05, 4.69) is 17.1 Å². The van der Waals surface area contributed by atoms with Gasteiger partial charge in [0.15, 0.2) is 0 Å². The molecule has 1 amide bonds. The van der Waals surface area contributed by atoms with Crippen LogP contribution in [0.15, 0.2) is 53.6 Å². The number of hydrogen-bond acceptors (Lipinski definition) is 4. The number of aromatic nitrogens is 1. The number of nitrogens with one attached hydrogen (secondary N) is 1. The maximum atomic E-state index is 11.9. The molecule has 0 fully saturated rings. The van der Waals surface area contributed by atoms with Gasteiger partial charge in [-0.1, -0.05) is 41.6 Å². The number of likely N-dealkylation sites (N-methyl/N-ethyl adjacent to an activating group) is 1. The number of amides is 1. The first-order chi connectivity index (χ1) is 11.6. The lowest BCUT2D eigenvalue weighted by atomic mass is 10.1. The zero-order valence-electron chi connectivity index (χ0n) is 14.4. The standard InChI is InChI=1S/C19H25N3O2/c1-4-12-20-19(23)15(2)22(3)13-8-11-17-14-18(21-24-17)16-9-6-5-7-10-16/h4-7,9-10,14-15H,1,8,11-13H2,2-3H3,(H,20,23)/t15-/m1/s1. The Morgan fingerprint density at radius 1 is 1.42 bits per heavy atom. The number of carbonyl (C=O) groups excluding carboxylic acids is 1. The molecule has 0 saturated heterocycles. The minimum atomic E-state index is -0.167. The number of carbonyl (C=O) groups is 1. The highest BCUT2D eigenvalue weighted by molar-refractivity contribution is 5.81. The van der Waals surface area contributed by atoms with Gasteiger partial charge in [-0.3, -0.25) is 9.69 Å². The van der Waals surface area contributed by atoms with Crippen molar-refractivity contribution in [2.45, 2.75) is 25.8 Å². The Bertz CT molecular complexity index is 652. The fraction of sp³-hybridized carbons (Fsp3) is 0.368. The third-order valence-electron chi connectivity index (χ3n) is 4.02. The SMILES string of the molecule is C=CCNC(=O)[C@@H](C)N(C)CCCc1cc(-c2ccccc2)no1. The number of benzene rings is 1. The van der Waals surface area contributed by atoms with E-state index in [4.69, 9.17) is 4.52 Å². The summed E-state index contributed by atoms with van der Waals surface area (Å²) in [6.45, 7) is 6.81. The molecule has 1 heterocycles. The number of hydrogen-bond donors (Lipinski definition) is 1. The third-order valence-corrected chi connectivity index (χ3v) is 4.02. The molecule has 128 valence electrons. The highest BCUT2D eigenvalue weighted by Crippen LogP contribution is 2.19. The predicted octanol–water partition coefficient (Wildman–Crippen LogP) is 2.90. The summed E-state index contributed by atoms with van der Waals surface area (Å²) in [4.78, 5) is 13.9. The molecule has 1 N–H and O–H groups in total. The predicted molar refractivity (Wildman–Crippen MR) is 95.6 cm³/mol. The van der Waals surface area contributed by atoms with Crippen molar-refractivity contribution in [2.24, 2.45) is 0 Å². The zero-order chi connectivity index (χ0) is 17.4. The molecule has 1 aromatic heterocycles. The van der Waals surface area contributed by atoms with Gasteiger partial charge in [0.2, 0.25) is 5.91 Å². The van der Waals surface area contributed by atoms with E-state index in [-0.39, 0.29) is 11.9 Å². The molecule has 2 aromatic rings. The molecule has 0 spiro atoms. The fourth-order valence-corrected chi connectivity index (χ4v) is 2.39. The van der Waals surface area contributed by atoms with E-state index in [9.17, 15) is 4.79 Å². The molecule has 2 rings (SSSR count). The molecule has 0 radical (unpaired) electrons. The minimum Gasteiger partial charge on any atom is -0.361 e. The minimum absolute atomic E-state index is 0.0171. The van der Waals surface area contributed by atoms with E-state index >= 15 is 0 Å². The van der Waals surface area contributed by atoms with E-state index in [1.54, 1.807) is 6.08 Å². The van der Waals surface area contributed by atoms with Crippen molar-refractivity contribution in [3.8, 4) is 11.3 Å². The van der Waals surface area contributed by atoms with E-state index in [1.165, 1.54) is 0 Å². The van der Waals surface area contributed by atoms with Crippen LogP contribution in [0.5, 0.6) is 0 Å². The maximum Gasteiger partial charge on any atom is 0.237 e. The average molecular weight is 327 g/mol. The van der Waals surface area contributed by atoms with Crippen molar-refractivity contribution < 1.29 is 9.32 Å². The summed E-state index contributed by atoms with van der Waals surface area (Å²) in [5, 5.41) is 6.93. The molecule has 1 atom stereocenters. The monoisotopic (exact) mass is 327 g/mol. The summed E-state index contributed by atoms with van der Waals surface area (Å²) in [5.41, 5.74) is 1.91. The molecule has 5 heteroatoms. The third kappa shape index (κ3) is 5.06. The summed E-state index contributed by atoms with van der Waals surface area (Å²) in [6, 6.07) is 11.8. The van der Waals surface area contributed by atoms with Crippen molar-refractivity contribution >= 4 is 5.91 Å². The van der Waals surface area contributed by atoms with Gasteiger partial charge in [-0.15, -0.1) is 6.58 Å². The van der Waals surface area contributed by atoms with E-state index in [0.29, 0.717) is 6.54 Å². The summed E-state index contributed by atoms with van der Waals surface area (Å²) in [5.74, 6) is 0.884. The van der Waals surface area contributed by atoms with E-state index in [1.807, 2.05) is 55.3 Å². The van der Waals surface area contributed by atoms with Gasteiger partial charge in [-0.25, -0.2) is 0 Å². The topological polar surface area (TPSA) is 58.4 Å². The summed E-state index contributed by atoms with van der Waals surface area (Å²) >= 11 is 0. The second-order valence-electron chi connectivity index (χ2n) is 5.84. The van der Waals surface area contributed by atoms with E-state index < -0.39 is 0 Å². The Morgan fingerprint density at radius 3 is 2.88 bits per heavy atom. The second-order valence-corrected chi connectivity index (χ2v) is 5.84. The molecule has 0 aliphatic rings. The molecule has 1 aromatic carbocycles. The molecule has 0 unspecified atom stereocenters. The molecule has 0 bridgehead atoms.